The molecular weight excluding hydrogens is 280 g/mol. The predicted octanol–water partition coefficient (Wildman–Crippen LogP) is 2.60. The van der Waals surface area contributed by atoms with Crippen LogP contribution in [0.3, 0.4) is 0 Å². The number of anilines is 2. The maximum Gasteiger partial charge on any atom is 0.301 e. The minimum absolute atomic E-state index is 0.445. The number of amides is 1. The zero-order valence-electron chi connectivity index (χ0n) is 12.2. The van der Waals surface area contributed by atoms with Crippen molar-refractivity contribution in [2.75, 3.05) is 17.0 Å². The Kier molecular flexibility index (Phi) is 2.62. The number of fused-ring (bicyclic) bond motifs is 2. The molecule has 2 aromatic rings. The second-order valence-electron chi connectivity index (χ2n) is 5.54. The van der Waals surface area contributed by atoms with Gasteiger partial charge in [-0.2, -0.15) is 0 Å². The van der Waals surface area contributed by atoms with Gasteiger partial charge in [-0.25, -0.2) is 4.84 Å². The second kappa shape index (κ2) is 4.42. The van der Waals surface area contributed by atoms with Crippen LogP contribution in [0.4, 0.5) is 11.4 Å². The standard InChI is InChI=1S/C17H14N2O3/c1-10-7-8-14-12(9-10)15(20)16(21)19(14)17-11-5-3-4-6-13(11)18(2)22-17/h3-9,17H,1-2H3. The minimum atomic E-state index is -0.610. The van der Waals surface area contributed by atoms with Crippen LogP contribution < -0.4 is 9.96 Å². The van der Waals surface area contributed by atoms with E-state index >= 15 is 0 Å². The van der Waals surface area contributed by atoms with E-state index in [0.717, 1.165) is 16.8 Å². The molecule has 0 spiro atoms. The highest BCUT2D eigenvalue weighted by Crippen LogP contribution is 2.43. The van der Waals surface area contributed by atoms with Crippen LogP contribution in [-0.2, 0) is 9.63 Å². The van der Waals surface area contributed by atoms with Crippen LogP contribution in [0.2, 0.25) is 0 Å². The number of para-hydroxylation sites is 1. The summed E-state index contributed by atoms with van der Waals surface area (Å²) in [6.45, 7) is 1.90. The molecule has 0 saturated heterocycles. The Morgan fingerprint density at radius 1 is 1.05 bits per heavy atom. The van der Waals surface area contributed by atoms with Crippen molar-refractivity contribution < 1.29 is 14.4 Å². The molecule has 22 heavy (non-hydrogen) atoms. The average Bonchev–Trinajstić information content (AvgIpc) is 2.97. The molecule has 1 atom stereocenters. The van der Waals surface area contributed by atoms with Gasteiger partial charge in [-0.3, -0.25) is 19.6 Å². The van der Waals surface area contributed by atoms with Crippen LogP contribution in [0.15, 0.2) is 42.5 Å². The summed E-state index contributed by atoms with van der Waals surface area (Å²) in [5.74, 6) is -1.02. The first kappa shape index (κ1) is 13.0. The van der Waals surface area contributed by atoms with Gasteiger partial charge in [0.25, 0.3) is 5.78 Å². The molecule has 2 heterocycles. The van der Waals surface area contributed by atoms with E-state index in [-0.39, 0.29) is 0 Å². The quantitative estimate of drug-likeness (QED) is 0.759. The molecule has 0 fully saturated rings. The lowest BCUT2D eigenvalue weighted by Gasteiger charge is -2.24. The van der Waals surface area contributed by atoms with Crippen molar-refractivity contribution in [1.82, 2.24) is 0 Å². The number of hydrogen-bond donors (Lipinski definition) is 0. The SMILES string of the molecule is Cc1ccc2c(c1)C(=O)C(=O)N2C1ON(C)c2ccccc21. The third kappa shape index (κ3) is 1.63. The zero-order valence-corrected chi connectivity index (χ0v) is 12.2. The number of nitrogens with zero attached hydrogens (tertiary/aromatic N) is 2. The van der Waals surface area contributed by atoms with Crippen LogP contribution in [0.25, 0.3) is 0 Å². The fourth-order valence-electron chi connectivity index (χ4n) is 3.04. The second-order valence-corrected chi connectivity index (χ2v) is 5.54. The largest absolute Gasteiger partial charge is 0.301 e. The van der Waals surface area contributed by atoms with E-state index in [1.807, 2.05) is 37.3 Å². The Bertz CT molecular complexity index is 815. The van der Waals surface area contributed by atoms with Crippen molar-refractivity contribution in [3.8, 4) is 0 Å². The Hall–Kier alpha value is -2.66. The summed E-state index contributed by atoms with van der Waals surface area (Å²) in [6, 6.07) is 13.1. The zero-order chi connectivity index (χ0) is 15.4. The lowest BCUT2D eigenvalue weighted by atomic mass is 10.1. The number of hydroxylamine groups is 1. The van der Waals surface area contributed by atoms with Gasteiger partial charge in [0, 0.05) is 12.6 Å². The van der Waals surface area contributed by atoms with Gasteiger partial charge >= 0.3 is 5.91 Å². The molecule has 0 aliphatic carbocycles. The number of aryl methyl sites for hydroxylation is 1. The number of benzene rings is 2. The average molecular weight is 294 g/mol. The molecular formula is C17H14N2O3. The van der Waals surface area contributed by atoms with Gasteiger partial charge in [-0.05, 0) is 25.1 Å². The van der Waals surface area contributed by atoms with E-state index in [0.29, 0.717) is 11.3 Å². The lowest BCUT2D eigenvalue weighted by molar-refractivity contribution is -0.116. The highest BCUT2D eigenvalue weighted by Gasteiger charge is 2.44. The lowest BCUT2D eigenvalue weighted by Crippen LogP contribution is -2.35. The maximum absolute atomic E-state index is 12.5. The molecule has 0 N–H and O–H groups in total. The predicted molar refractivity (Wildman–Crippen MR) is 81.7 cm³/mol. The van der Waals surface area contributed by atoms with Gasteiger partial charge in [-0.15, -0.1) is 0 Å². The summed E-state index contributed by atoms with van der Waals surface area (Å²) >= 11 is 0. The summed E-state index contributed by atoms with van der Waals surface area (Å²) in [6.07, 6.45) is -0.610. The first-order valence-corrected chi connectivity index (χ1v) is 7.06. The van der Waals surface area contributed by atoms with Gasteiger partial charge in [0.1, 0.15) is 0 Å². The van der Waals surface area contributed by atoms with Gasteiger partial charge < -0.3 is 0 Å². The summed E-state index contributed by atoms with van der Waals surface area (Å²) < 4.78 is 0. The monoisotopic (exact) mass is 294 g/mol. The van der Waals surface area contributed by atoms with E-state index in [1.165, 1.54) is 4.90 Å². The van der Waals surface area contributed by atoms with Crippen LogP contribution in [0.1, 0.15) is 27.7 Å². The molecule has 0 saturated carbocycles. The topological polar surface area (TPSA) is 49.9 Å². The van der Waals surface area contributed by atoms with Crippen molar-refractivity contribution in [3.05, 3.63) is 59.2 Å². The van der Waals surface area contributed by atoms with Crippen LogP contribution in [-0.4, -0.2) is 18.7 Å². The molecule has 5 heteroatoms. The van der Waals surface area contributed by atoms with Gasteiger partial charge in [0.05, 0.1) is 16.9 Å². The van der Waals surface area contributed by atoms with E-state index in [9.17, 15) is 9.59 Å². The summed E-state index contributed by atoms with van der Waals surface area (Å²) in [4.78, 5) is 32.0. The molecule has 1 amide bonds. The highest BCUT2D eigenvalue weighted by molar-refractivity contribution is 6.52. The molecule has 2 aromatic carbocycles. The third-order valence-corrected chi connectivity index (χ3v) is 4.10. The molecule has 2 aliphatic heterocycles. The summed E-state index contributed by atoms with van der Waals surface area (Å²) in [7, 11) is 1.79. The highest BCUT2D eigenvalue weighted by atomic mass is 16.7. The van der Waals surface area contributed by atoms with E-state index in [4.69, 9.17) is 4.84 Å². The number of carbonyl (C=O) groups excluding carboxylic acids is 2. The van der Waals surface area contributed by atoms with Gasteiger partial charge in [0.2, 0.25) is 0 Å². The Morgan fingerprint density at radius 3 is 2.64 bits per heavy atom. The molecule has 0 radical (unpaired) electrons. The van der Waals surface area contributed by atoms with E-state index in [2.05, 4.69) is 0 Å². The number of ketones is 1. The van der Waals surface area contributed by atoms with Gasteiger partial charge in [0.15, 0.2) is 6.23 Å². The Morgan fingerprint density at radius 2 is 1.82 bits per heavy atom. The van der Waals surface area contributed by atoms with Crippen LogP contribution in [0.5, 0.6) is 0 Å². The normalized spacial score (nSPS) is 19.6. The molecule has 0 bridgehead atoms. The molecule has 4 rings (SSSR count). The molecule has 0 aromatic heterocycles. The third-order valence-electron chi connectivity index (χ3n) is 4.10. The molecule has 5 nitrogen and oxygen atoms in total. The maximum atomic E-state index is 12.5. The van der Waals surface area contributed by atoms with Crippen LogP contribution >= 0.6 is 0 Å². The van der Waals surface area contributed by atoms with Crippen molar-refractivity contribution in [2.24, 2.45) is 0 Å². The minimum Gasteiger partial charge on any atom is -0.283 e. The smallest absolute Gasteiger partial charge is 0.283 e. The van der Waals surface area contributed by atoms with Gasteiger partial charge in [-0.1, -0.05) is 29.8 Å². The van der Waals surface area contributed by atoms with Crippen molar-refractivity contribution in [2.45, 2.75) is 13.2 Å². The first-order chi connectivity index (χ1) is 10.6. The van der Waals surface area contributed by atoms with E-state index in [1.54, 1.807) is 24.2 Å². The number of carbonyl (C=O) groups is 2. The number of Topliss-reactive ketones (excluding diaryl/α,β-unsaturated/α-hetero) is 1. The fraction of sp³-hybridized carbons (Fsp3) is 0.176. The summed E-state index contributed by atoms with van der Waals surface area (Å²) in [5, 5.41) is 1.63. The number of hydrogen-bond acceptors (Lipinski definition) is 4. The first-order valence-electron chi connectivity index (χ1n) is 7.06. The van der Waals surface area contributed by atoms with Crippen molar-refractivity contribution >= 4 is 23.1 Å². The fourth-order valence-corrected chi connectivity index (χ4v) is 3.04. The Labute approximate surface area is 127 Å². The summed E-state index contributed by atoms with van der Waals surface area (Å²) in [5.41, 5.74) is 3.77. The van der Waals surface area contributed by atoms with Crippen molar-refractivity contribution in [1.29, 1.82) is 0 Å². The number of rotatable bonds is 1. The van der Waals surface area contributed by atoms with E-state index < -0.39 is 17.9 Å². The van der Waals surface area contributed by atoms with Crippen molar-refractivity contribution in [3.63, 3.8) is 0 Å². The molecule has 1 unspecified atom stereocenters. The molecule has 110 valence electrons. The molecule has 2 aliphatic rings. The van der Waals surface area contributed by atoms with Crippen LogP contribution in [0, 0.1) is 6.92 Å². The Balaban J connectivity index is 1.85.